The SMILES string of the molecule is Cc1nc(CC(O)C2OCCc3ccccc32)cs1. The fourth-order valence-electron chi connectivity index (χ4n) is 2.57. The lowest BCUT2D eigenvalue weighted by Crippen LogP contribution is -2.28. The molecule has 1 N–H and O–H groups in total. The monoisotopic (exact) mass is 275 g/mol. The van der Waals surface area contributed by atoms with Crippen LogP contribution in [0.25, 0.3) is 0 Å². The lowest BCUT2D eigenvalue weighted by Gasteiger charge is -2.29. The van der Waals surface area contributed by atoms with E-state index >= 15 is 0 Å². The number of benzene rings is 1. The van der Waals surface area contributed by atoms with E-state index in [9.17, 15) is 5.11 Å². The Hall–Kier alpha value is -1.23. The number of aromatic nitrogens is 1. The van der Waals surface area contributed by atoms with Crippen LogP contribution >= 0.6 is 11.3 Å². The first kappa shape index (κ1) is 12.8. The van der Waals surface area contributed by atoms with Crippen molar-refractivity contribution in [3.63, 3.8) is 0 Å². The molecule has 1 aliphatic rings. The summed E-state index contributed by atoms with van der Waals surface area (Å²) >= 11 is 1.62. The standard InChI is InChI=1S/C15H17NO2S/c1-10-16-12(9-19-10)8-14(17)15-13-5-3-2-4-11(13)6-7-18-15/h2-5,9,14-15,17H,6-8H2,1H3. The van der Waals surface area contributed by atoms with Gasteiger partial charge in [0, 0.05) is 11.8 Å². The quantitative estimate of drug-likeness (QED) is 0.936. The fourth-order valence-corrected chi connectivity index (χ4v) is 3.19. The van der Waals surface area contributed by atoms with Crippen LogP contribution in [0.3, 0.4) is 0 Å². The maximum absolute atomic E-state index is 10.4. The number of aliphatic hydroxyl groups is 1. The summed E-state index contributed by atoms with van der Waals surface area (Å²) in [6.07, 6.45) is 0.702. The van der Waals surface area contributed by atoms with Crippen molar-refractivity contribution in [3.8, 4) is 0 Å². The van der Waals surface area contributed by atoms with Crippen LogP contribution in [0, 0.1) is 6.92 Å². The van der Waals surface area contributed by atoms with Crippen LogP contribution < -0.4 is 0 Å². The van der Waals surface area contributed by atoms with Crippen molar-refractivity contribution >= 4 is 11.3 Å². The highest BCUT2D eigenvalue weighted by molar-refractivity contribution is 7.09. The Balaban J connectivity index is 1.79. The van der Waals surface area contributed by atoms with Crippen LogP contribution in [0.15, 0.2) is 29.6 Å². The van der Waals surface area contributed by atoms with Gasteiger partial charge in [-0.05, 0) is 24.5 Å². The number of hydrogen-bond acceptors (Lipinski definition) is 4. The highest BCUT2D eigenvalue weighted by Gasteiger charge is 2.27. The summed E-state index contributed by atoms with van der Waals surface area (Å²) in [5.41, 5.74) is 3.35. The summed E-state index contributed by atoms with van der Waals surface area (Å²) in [5.74, 6) is 0. The molecule has 0 aliphatic carbocycles. The maximum atomic E-state index is 10.4. The van der Waals surface area contributed by atoms with Crippen LogP contribution in [0.4, 0.5) is 0 Å². The van der Waals surface area contributed by atoms with Gasteiger partial charge in [-0.3, -0.25) is 0 Å². The van der Waals surface area contributed by atoms with Crippen LogP contribution in [-0.2, 0) is 17.6 Å². The molecule has 0 spiro atoms. The molecular formula is C15H17NO2S. The molecular weight excluding hydrogens is 258 g/mol. The molecule has 0 bridgehead atoms. The molecule has 3 nitrogen and oxygen atoms in total. The van der Waals surface area contributed by atoms with Gasteiger partial charge in [-0.1, -0.05) is 24.3 Å². The van der Waals surface area contributed by atoms with Gasteiger partial charge in [-0.25, -0.2) is 4.98 Å². The normalized spacial score (nSPS) is 20.0. The molecule has 3 rings (SSSR count). The van der Waals surface area contributed by atoms with Gasteiger partial charge in [-0.2, -0.15) is 0 Å². The molecule has 1 aromatic carbocycles. The third kappa shape index (κ3) is 2.71. The van der Waals surface area contributed by atoms with Crippen molar-refractivity contribution in [2.75, 3.05) is 6.61 Å². The molecule has 2 unspecified atom stereocenters. The minimum absolute atomic E-state index is 0.230. The molecule has 100 valence electrons. The molecule has 2 atom stereocenters. The summed E-state index contributed by atoms with van der Waals surface area (Å²) in [7, 11) is 0. The van der Waals surface area contributed by atoms with E-state index in [2.05, 4.69) is 17.1 Å². The minimum atomic E-state index is -0.539. The Kier molecular flexibility index (Phi) is 3.64. The highest BCUT2D eigenvalue weighted by atomic mass is 32.1. The number of aliphatic hydroxyl groups excluding tert-OH is 1. The van der Waals surface area contributed by atoms with Gasteiger partial charge in [0.05, 0.1) is 23.4 Å². The summed E-state index contributed by atoms with van der Waals surface area (Å²) in [6, 6.07) is 8.21. The Labute approximate surface area is 116 Å². The average molecular weight is 275 g/mol. The predicted molar refractivity (Wildman–Crippen MR) is 75.4 cm³/mol. The zero-order chi connectivity index (χ0) is 13.2. The van der Waals surface area contributed by atoms with Crippen molar-refractivity contribution in [2.24, 2.45) is 0 Å². The van der Waals surface area contributed by atoms with Crippen molar-refractivity contribution in [2.45, 2.75) is 32.0 Å². The number of thiazole rings is 1. The van der Waals surface area contributed by atoms with E-state index in [1.807, 2.05) is 24.4 Å². The second kappa shape index (κ2) is 5.41. The lowest BCUT2D eigenvalue weighted by atomic mass is 9.93. The van der Waals surface area contributed by atoms with E-state index in [0.29, 0.717) is 13.0 Å². The number of rotatable bonds is 3. The Morgan fingerprint density at radius 3 is 3.11 bits per heavy atom. The zero-order valence-electron chi connectivity index (χ0n) is 10.9. The van der Waals surface area contributed by atoms with E-state index in [1.165, 1.54) is 5.56 Å². The molecule has 0 saturated carbocycles. The maximum Gasteiger partial charge on any atom is 0.109 e. The molecule has 1 aliphatic heterocycles. The number of aryl methyl sites for hydroxylation is 1. The Bertz CT molecular complexity index is 567. The number of fused-ring (bicyclic) bond motifs is 1. The van der Waals surface area contributed by atoms with Gasteiger partial charge in [0.15, 0.2) is 0 Å². The van der Waals surface area contributed by atoms with Gasteiger partial charge >= 0.3 is 0 Å². The van der Waals surface area contributed by atoms with E-state index < -0.39 is 6.10 Å². The second-order valence-corrected chi connectivity index (χ2v) is 5.93. The van der Waals surface area contributed by atoms with E-state index in [0.717, 1.165) is 22.7 Å². The van der Waals surface area contributed by atoms with Gasteiger partial charge in [0.1, 0.15) is 6.10 Å². The average Bonchev–Trinajstić information content (AvgIpc) is 2.83. The van der Waals surface area contributed by atoms with Crippen LogP contribution in [0.5, 0.6) is 0 Å². The molecule has 0 saturated heterocycles. The minimum Gasteiger partial charge on any atom is -0.390 e. The third-order valence-corrected chi connectivity index (χ3v) is 4.29. The van der Waals surface area contributed by atoms with Gasteiger partial charge in [-0.15, -0.1) is 11.3 Å². The Morgan fingerprint density at radius 1 is 1.47 bits per heavy atom. The third-order valence-electron chi connectivity index (χ3n) is 3.46. The van der Waals surface area contributed by atoms with Gasteiger partial charge < -0.3 is 9.84 Å². The number of nitrogens with zero attached hydrogens (tertiary/aromatic N) is 1. The summed E-state index contributed by atoms with van der Waals surface area (Å²) in [6.45, 7) is 2.65. The zero-order valence-corrected chi connectivity index (χ0v) is 11.7. The van der Waals surface area contributed by atoms with E-state index in [4.69, 9.17) is 4.74 Å². The van der Waals surface area contributed by atoms with Crippen molar-refractivity contribution in [1.82, 2.24) is 4.98 Å². The first-order valence-electron chi connectivity index (χ1n) is 6.52. The van der Waals surface area contributed by atoms with Gasteiger partial charge in [0.2, 0.25) is 0 Å². The van der Waals surface area contributed by atoms with E-state index in [-0.39, 0.29) is 6.10 Å². The Morgan fingerprint density at radius 2 is 2.32 bits per heavy atom. The summed E-state index contributed by atoms with van der Waals surface area (Å²) in [4.78, 5) is 4.40. The van der Waals surface area contributed by atoms with Gasteiger partial charge in [0.25, 0.3) is 0 Å². The topological polar surface area (TPSA) is 42.4 Å². The molecule has 1 aromatic heterocycles. The van der Waals surface area contributed by atoms with Crippen molar-refractivity contribution < 1.29 is 9.84 Å². The number of ether oxygens (including phenoxy) is 1. The van der Waals surface area contributed by atoms with Crippen LogP contribution in [0.1, 0.15) is 27.9 Å². The largest absolute Gasteiger partial charge is 0.390 e. The predicted octanol–water partition coefficient (Wildman–Crippen LogP) is 2.67. The summed E-state index contributed by atoms with van der Waals surface area (Å²) in [5, 5.41) is 13.5. The van der Waals surface area contributed by atoms with Crippen molar-refractivity contribution in [3.05, 3.63) is 51.5 Å². The number of hydrogen-bond donors (Lipinski definition) is 1. The highest BCUT2D eigenvalue weighted by Crippen LogP contribution is 2.31. The molecule has 2 aromatic rings. The molecule has 19 heavy (non-hydrogen) atoms. The molecule has 0 amide bonds. The smallest absolute Gasteiger partial charge is 0.109 e. The molecule has 4 heteroatoms. The van der Waals surface area contributed by atoms with Crippen LogP contribution in [-0.4, -0.2) is 22.8 Å². The first-order chi connectivity index (χ1) is 9.24. The van der Waals surface area contributed by atoms with Crippen molar-refractivity contribution in [1.29, 1.82) is 0 Å². The van der Waals surface area contributed by atoms with Crippen LogP contribution in [0.2, 0.25) is 0 Å². The molecule has 2 heterocycles. The fraction of sp³-hybridized carbons (Fsp3) is 0.400. The second-order valence-electron chi connectivity index (χ2n) is 4.87. The summed E-state index contributed by atoms with van der Waals surface area (Å²) < 4.78 is 5.77. The lowest BCUT2D eigenvalue weighted by molar-refractivity contribution is -0.0463. The first-order valence-corrected chi connectivity index (χ1v) is 7.40. The molecule has 0 fully saturated rings. The van der Waals surface area contributed by atoms with E-state index in [1.54, 1.807) is 11.3 Å². The molecule has 0 radical (unpaired) electrons.